The highest BCUT2D eigenvalue weighted by Gasteiger charge is 2.38. The number of hydrogen-bond acceptors (Lipinski definition) is 4. The summed E-state index contributed by atoms with van der Waals surface area (Å²) >= 11 is 0. The third-order valence-electron chi connectivity index (χ3n) is 5.45. The number of rotatable bonds is 5. The van der Waals surface area contributed by atoms with Gasteiger partial charge in [-0.2, -0.15) is 5.26 Å². The summed E-state index contributed by atoms with van der Waals surface area (Å²) in [6.45, 7) is 0.794. The molecular formula is C20H26N2O3. The van der Waals surface area contributed by atoms with Gasteiger partial charge in [0, 0.05) is 18.5 Å². The maximum absolute atomic E-state index is 12.9. The van der Waals surface area contributed by atoms with Crippen LogP contribution in [0.3, 0.4) is 0 Å². The van der Waals surface area contributed by atoms with Crippen molar-refractivity contribution in [2.24, 2.45) is 5.92 Å². The van der Waals surface area contributed by atoms with E-state index in [2.05, 4.69) is 0 Å². The van der Waals surface area contributed by atoms with Crippen LogP contribution in [-0.2, 0) is 11.2 Å². The number of benzene rings is 1. The van der Waals surface area contributed by atoms with E-state index in [9.17, 15) is 9.90 Å². The minimum Gasteiger partial charge on any atom is -0.479 e. The van der Waals surface area contributed by atoms with E-state index in [4.69, 9.17) is 10.00 Å². The zero-order valence-electron chi connectivity index (χ0n) is 14.6. The van der Waals surface area contributed by atoms with Gasteiger partial charge in [-0.05, 0) is 43.4 Å². The van der Waals surface area contributed by atoms with E-state index >= 15 is 0 Å². The van der Waals surface area contributed by atoms with E-state index in [1.54, 1.807) is 6.07 Å². The molecule has 5 heteroatoms. The average Bonchev–Trinajstić information content (AvgIpc) is 3.10. The standard InChI is InChI=1S/C20H26N2O3/c21-10-12-25-16-6-3-5-15(13-16)14-20(24)22-11-4-8-18(22)17-7-1-2-9-19(17)23/h3,5-6,13,17-19,23H,1-2,4,7-9,11-12,14H2/t17-,18+,19-/m0/s1. The molecule has 25 heavy (non-hydrogen) atoms. The summed E-state index contributed by atoms with van der Waals surface area (Å²) in [5.41, 5.74) is 0.898. The van der Waals surface area contributed by atoms with Gasteiger partial charge in [0.05, 0.1) is 12.5 Å². The van der Waals surface area contributed by atoms with Crippen LogP contribution in [0.4, 0.5) is 0 Å². The Kier molecular flexibility index (Phi) is 5.93. The van der Waals surface area contributed by atoms with Crippen LogP contribution < -0.4 is 4.74 Å². The van der Waals surface area contributed by atoms with Gasteiger partial charge in [0.1, 0.15) is 11.8 Å². The average molecular weight is 342 g/mol. The second-order valence-corrected chi connectivity index (χ2v) is 7.08. The van der Waals surface area contributed by atoms with Gasteiger partial charge in [0.2, 0.25) is 5.91 Å². The van der Waals surface area contributed by atoms with Gasteiger partial charge >= 0.3 is 0 Å². The Morgan fingerprint density at radius 3 is 2.92 bits per heavy atom. The van der Waals surface area contributed by atoms with Crippen LogP contribution in [0.15, 0.2) is 24.3 Å². The molecule has 1 aromatic carbocycles. The van der Waals surface area contributed by atoms with Crippen molar-refractivity contribution in [2.45, 2.75) is 57.1 Å². The summed E-state index contributed by atoms with van der Waals surface area (Å²) in [6, 6.07) is 9.51. The lowest BCUT2D eigenvalue weighted by Crippen LogP contribution is -2.45. The highest BCUT2D eigenvalue weighted by atomic mass is 16.5. The summed E-state index contributed by atoms with van der Waals surface area (Å²) in [6.07, 6.45) is 6.21. The van der Waals surface area contributed by atoms with Crippen molar-refractivity contribution in [1.82, 2.24) is 4.90 Å². The lowest BCUT2D eigenvalue weighted by Gasteiger charge is -2.37. The fraction of sp³-hybridized carbons (Fsp3) is 0.600. The highest BCUT2D eigenvalue weighted by molar-refractivity contribution is 5.79. The van der Waals surface area contributed by atoms with Gasteiger partial charge in [-0.15, -0.1) is 0 Å². The van der Waals surface area contributed by atoms with E-state index in [0.29, 0.717) is 12.2 Å². The molecule has 1 saturated heterocycles. The maximum atomic E-state index is 12.9. The van der Waals surface area contributed by atoms with Crippen molar-refractivity contribution in [1.29, 1.82) is 5.26 Å². The first-order valence-electron chi connectivity index (χ1n) is 9.25. The molecule has 2 aliphatic rings. The molecule has 134 valence electrons. The van der Waals surface area contributed by atoms with E-state index in [0.717, 1.165) is 50.6 Å². The van der Waals surface area contributed by atoms with Gasteiger partial charge in [-0.1, -0.05) is 25.0 Å². The second-order valence-electron chi connectivity index (χ2n) is 7.08. The lowest BCUT2D eigenvalue weighted by atomic mass is 9.80. The van der Waals surface area contributed by atoms with E-state index in [1.165, 1.54) is 0 Å². The molecule has 3 rings (SSSR count). The molecule has 1 aromatic rings. The van der Waals surface area contributed by atoms with Crippen molar-refractivity contribution >= 4 is 5.91 Å². The summed E-state index contributed by atoms with van der Waals surface area (Å²) in [7, 11) is 0. The van der Waals surface area contributed by atoms with E-state index in [-0.39, 0.29) is 30.6 Å². The number of aliphatic hydroxyl groups is 1. The molecular weight excluding hydrogens is 316 g/mol. The van der Waals surface area contributed by atoms with Crippen LogP contribution in [0.25, 0.3) is 0 Å². The van der Waals surface area contributed by atoms with Crippen molar-refractivity contribution in [3.05, 3.63) is 29.8 Å². The molecule has 0 bridgehead atoms. The number of likely N-dealkylation sites (tertiary alicyclic amines) is 1. The molecule has 0 aromatic heterocycles. The Morgan fingerprint density at radius 2 is 2.12 bits per heavy atom. The summed E-state index contributed by atoms with van der Waals surface area (Å²) in [5, 5.41) is 19.0. The molecule has 0 unspecified atom stereocenters. The fourth-order valence-corrected chi connectivity index (χ4v) is 4.27. The maximum Gasteiger partial charge on any atom is 0.227 e. The Hall–Kier alpha value is -2.06. The zero-order valence-corrected chi connectivity index (χ0v) is 14.6. The SMILES string of the molecule is N#CCOc1cccc(CC(=O)N2CCC[C@@H]2[C@@H]2CCCC[C@@H]2O)c1. The van der Waals surface area contributed by atoms with Crippen LogP contribution >= 0.6 is 0 Å². The Balaban J connectivity index is 1.65. The molecule has 1 saturated carbocycles. The highest BCUT2D eigenvalue weighted by Crippen LogP contribution is 2.35. The number of carbonyl (C=O) groups excluding carboxylic acids is 1. The normalized spacial score (nSPS) is 26.2. The number of nitriles is 1. The third-order valence-corrected chi connectivity index (χ3v) is 5.45. The molecule has 1 heterocycles. The van der Waals surface area contributed by atoms with Crippen molar-refractivity contribution in [3.63, 3.8) is 0 Å². The molecule has 3 atom stereocenters. The minimum absolute atomic E-state index is 0.00513. The first-order chi connectivity index (χ1) is 12.2. The Morgan fingerprint density at radius 1 is 1.28 bits per heavy atom. The second kappa shape index (κ2) is 8.35. The number of nitrogens with zero attached hydrogens (tertiary/aromatic N) is 2. The fourth-order valence-electron chi connectivity index (χ4n) is 4.27. The first kappa shape index (κ1) is 17.8. The van der Waals surface area contributed by atoms with Gasteiger partial charge in [0.15, 0.2) is 6.61 Å². The monoisotopic (exact) mass is 342 g/mol. The van der Waals surface area contributed by atoms with Crippen molar-refractivity contribution < 1.29 is 14.6 Å². The van der Waals surface area contributed by atoms with Crippen LogP contribution in [0.1, 0.15) is 44.1 Å². The Bertz CT molecular complexity index is 640. The van der Waals surface area contributed by atoms with Crippen molar-refractivity contribution in [2.75, 3.05) is 13.2 Å². The predicted molar refractivity (Wildman–Crippen MR) is 94.0 cm³/mol. The number of ether oxygens (including phenoxy) is 1. The number of carbonyl (C=O) groups is 1. The van der Waals surface area contributed by atoms with Crippen LogP contribution in [0.5, 0.6) is 5.75 Å². The first-order valence-corrected chi connectivity index (χ1v) is 9.25. The summed E-state index contributed by atoms with van der Waals surface area (Å²) < 4.78 is 5.31. The molecule has 5 nitrogen and oxygen atoms in total. The smallest absolute Gasteiger partial charge is 0.227 e. The topological polar surface area (TPSA) is 73.6 Å². The number of aliphatic hydroxyl groups excluding tert-OH is 1. The number of hydrogen-bond donors (Lipinski definition) is 1. The summed E-state index contributed by atoms with van der Waals surface area (Å²) in [5.74, 6) is 0.968. The molecule has 1 N–H and O–H groups in total. The van der Waals surface area contributed by atoms with Crippen LogP contribution in [0.2, 0.25) is 0 Å². The molecule has 1 aliphatic carbocycles. The third kappa shape index (κ3) is 4.32. The van der Waals surface area contributed by atoms with E-state index < -0.39 is 0 Å². The molecule has 2 fully saturated rings. The lowest BCUT2D eigenvalue weighted by molar-refractivity contribution is -0.133. The number of amides is 1. The quantitative estimate of drug-likeness (QED) is 0.893. The zero-order chi connectivity index (χ0) is 17.6. The predicted octanol–water partition coefficient (Wildman–Crippen LogP) is 2.67. The summed E-state index contributed by atoms with van der Waals surface area (Å²) in [4.78, 5) is 14.8. The van der Waals surface area contributed by atoms with Gasteiger partial charge in [-0.25, -0.2) is 0 Å². The van der Waals surface area contributed by atoms with Gasteiger partial charge in [0.25, 0.3) is 0 Å². The van der Waals surface area contributed by atoms with Crippen LogP contribution in [0, 0.1) is 17.2 Å². The molecule has 1 amide bonds. The Labute approximate surface area is 149 Å². The molecule has 0 spiro atoms. The largest absolute Gasteiger partial charge is 0.479 e. The van der Waals surface area contributed by atoms with Crippen molar-refractivity contribution in [3.8, 4) is 11.8 Å². The molecule has 1 aliphatic heterocycles. The molecule has 0 radical (unpaired) electrons. The van der Waals surface area contributed by atoms with Crippen LogP contribution in [-0.4, -0.2) is 41.2 Å². The van der Waals surface area contributed by atoms with E-state index in [1.807, 2.05) is 29.2 Å². The minimum atomic E-state index is -0.269. The van der Waals surface area contributed by atoms with Gasteiger partial charge in [-0.3, -0.25) is 4.79 Å². The van der Waals surface area contributed by atoms with Gasteiger partial charge < -0.3 is 14.7 Å².